The summed E-state index contributed by atoms with van der Waals surface area (Å²) >= 11 is 0. The molecule has 0 saturated heterocycles. The number of carbonyl (C=O) groups is 1. The van der Waals surface area contributed by atoms with Crippen LogP contribution in [0.25, 0.3) is 11.1 Å². The van der Waals surface area contributed by atoms with Gasteiger partial charge in [0.2, 0.25) is 0 Å². The number of benzene rings is 3. The maximum atomic E-state index is 11.5. The van der Waals surface area contributed by atoms with Gasteiger partial charge in [0, 0.05) is 18.3 Å². The Hall–Kier alpha value is -3.80. The van der Waals surface area contributed by atoms with Gasteiger partial charge in [-0.25, -0.2) is 0 Å². The molecule has 0 radical (unpaired) electrons. The molecule has 1 atom stereocenters. The first kappa shape index (κ1) is 20.9. The van der Waals surface area contributed by atoms with Crippen molar-refractivity contribution in [3.63, 3.8) is 0 Å². The number of nitrogen functional groups attached to an aromatic ring is 1. The zero-order valence-electron chi connectivity index (χ0n) is 17.1. The molecular formula is C24H26N4O2. The van der Waals surface area contributed by atoms with E-state index in [1.165, 1.54) is 6.92 Å². The summed E-state index contributed by atoms with van der Waals surface area (Å²) in [6.07, 6.45) is 1.58. The summed E-state index contributed by atoms with van der Waals surface area (Å²) in [6, 6.07) is 21.6. The lowest BCUT2D eigenvalue weighted by Crippen LogP contribution is -2.19. The van der Waals surface area contributed by atoms with Crippen LogP contribution in [-0.2, 0) is 9.53 Å². The molecule has 0 aliphatic carbocycles. The van der Waals surface area contributed by atoms with Crippen LogP contribution in [0.2, 0.25) is 0 Å². The second-order valence-corrected chi connectivity index (χ2v) is 7.16. The van der Waals surface area contributed by atoms with E-state index in [0.29, 0.717) is 5.69 Å². The van der Waals surface area contributed by atoms with E-state index in [1.54, 1.807) is 6.21 Å². The summed E-state index contributed by atoms with van der Waals surface area (Å²) in [5.74, 6) is 4.89. The fourth-order valence-corrected chi connectivity index (χ4v) is 3.27. The molecule has 0 bridgehead atoms. The normalized spacial score (nSPS) is 11.9. The van der Waals surface area contributed by atoms with Crippen molar-refractivity contribution in [2.45, 2.75) is 19.9 Å². The van der Waals surface area contributed by atoms with E-state index in [0.717, 1.165) is 33.5 Å². The van der Waals surface area contributed by atoms with Crippen molar-refractivity contribution < 1.29 is 9.53 Å². The SMILES string of the molecule is CC(=O)OCC(Nc1ccc(C=NN)cc1)c1cc(C)cc(-c2cccc(N)c2)c1. The second kappa shape index (κ2) is 9.60. The average molecular weight is 402 g/mol. The Morgan fingerprint density at radius 3 is 2.53 bits per heavy atom. The minimum Gasteiger partial charge on any atom is -0.463 e. The van der Waals surface area contributed by atoms with Crippen LogP contribution in [0.15, 0.2) is 71.8 Å². The van der Waals surface area contributed by atoms with Gasteiger partial charge in [-0.05, 0) is 59.5 Å². The third-order valence-corrected chi connectivity index (χ3v) is 4.65. The number of ether oxygens (including phenoxy) is 1. The Balaban J connectivity index is 1.93. The quantitative estimate of drug-likeness (QED) is 0.180. The lowest BCUT2D eigenvalue weighted by Gasteiger charge is -2.22. The fraction of sp³-hybridized carbons (Fsp3) is 0.167. The molecular weight excluding hydrogens is 376 g/mol. The number of esters is 1. The molecule has 5 N–H and O–H groups in total. The van der Waals surface area contributed by atoms with Crippen molar-refractivity contribution in [2.24, 2.45) is 10.9 Å². The van der Waals surface area contributed by atoms with Gasteiger partial charge in [-0.1, -0.05) is 42.0 Å². The van der Waals surface area contributed by atoms with Crippen molar-refractivity contribution in [3.05, 3.63) is 83.4 Å². The Morgan fingerprint density at radius 2 is 1.87 bits per heavy atom. The molecule has 0 saturated carbocycles. The standard InChI is InChI=1S/C24H26N4O2/c1-16-10-20(19-4-3-5-22(25)13-19)12-21(11-16)24(15-30-17(2)29)28-23-8-6-18(7-9-23)14-27-26/h3-14,24,28H,15,25-26H2,1-2H3. The Labute approximate surface area is 176 Å². The monoisotopic (exact) mass is 402 g/mol. The van der Waals surface area contributed by atoms with Crippen molar-refractivity contribution in [2.75, 3.05) is 17.7 Å². The van der Waals surface area contributed by atoms with Gasteiger partial charge in [0.15, 0.2) is 0 Å². The van der Waals surface area contributed by atoms with Gasteiger partial charge in [0.25, 0.3) is 0 Å². The van der Waals surface area contributed by atoms with Crippen molar-refractivity contribution >= 4 is 23.6 Å². The lowest BCUT2D eigenvalue weighted by atomic mass is 9.96. The molecule has 0 aliphatic rings. The molecule has 0 fully saturated rings. The summed E-state index contributed by atoms with van der Waals surface area (Å²) in [5, 5.41) is 7.00. The largest absolute Gasteiger partial charge is 0.463 e. The number of rotatable bonds is 7. The number of hydrogen-bond acceptors (Lipinski definition) is 6. The molecule has 1 unspecified atom stereocenters. The van der Waals surface area contributed by atoms with E-state index >= 15 is 0 Å². The van der Waals surface area contributed by atoms with Crippen LogP contribution in [0.1, 0.15) is 29.7 Å². The first-order valence-corrected chi connectivity index (χ1v) is 9.65. The molecule has 0 spiro atoms. The van der Waals surface area contributed by atoms with Crippen molar-refractivity contribution in [1.82, 2.24) is 0 Å². The van der Waals surface area contributed by atoms with Crippen molar-refractivity contribution in [1.29, 1.82) is 0 Å². The summed E-state index contributed by atoms with van der Waals surface area (Å²) in [6.45, 7) is 3.66. The number of nitrogens with zero attached hydrogens (tertiary/aromatic N) is 1. The van der Waals surface area contributed by atoms with Crippen LogP contribution in [0.3, 0.4) is 0 Å². The number of nitrogens with two attached hydrogens (primary N) is 2. The highest BCUT2D eigenvalue weighted by Crippen LogP contribution is 2.28. The highest BCUT2D eigenvalue weighted by Gasteiger charge is 2.15. The number of aryl methyl sites for hydroxylation is 1. The molecule has 3 aromatic rings. The predicted octanol–water partition coefficient (Wildman–Crippen LogP) is 4.25. The van der Waals surface area contributed by atoms with E-state index in [9.17, 15) is 4.79 Å². The fourth-order valence-electron chi connectivity index (χ4n) is 3.27. The topological polar surface area (TPSA) is 103 Å². The van der Waals surface area contributed by atoms with Crippen LogP contribution >= 0.6 is 0 Å². The maximum Gasteiger partial charge on any atom is 0.302 e. The molecule has 0 aromatic heterocycles. The summed E-state index contributed by atoms with van der Waals surface area (Å²) in [7, 11) is 0. The minimum atomic E-state index is -0.319. The number of anilines is 2. The number of nitrogens with one attached hydrogen (secondary N) is 1. The van der Waals surface area contributed by atoms with Crippen LogP contribution < -0.4 is 16.9 Å². The lowest BCUT2D eigenvalue weighted by molar-refractivity contribution is -0.141. The van der Waals surface area contributed by atoms with E-state index in [2.05, 4.69) is 28.6 Å². The van der Waals surface area contributed by atoms with Gasteiger partial charge in [-0.15, -0.1) is 0 Å². The van der Waals surface area contributed by atoms with Gasteiger partial charge in [0.05, 0.1) is 12.3 Å². The molecule has 3 aromatic carbocycles. The second-order valence-electron chi connectivity index (χ2n) is 7.16. The zero-order chi connectivity index (χ0) is 21.5. The van der Waals surface area contributed by atoms with E-state index in [4.69, 9.17) is 16.3 Å². The highest BCUT2D eigenvalue weighted by atomic mass is 16.5. The number of hydrazone groups is 1. The van der Waals surface area contributed by atoms with Gasteiger partial charge >= 0.3 is 5.97 Å². The third kappa shape index (κ3) is 5.61. The Bertz CT molecular complexity index is 1050. The number of hydrogen-bond donors (Lipinski definition) is 3. The molecule has 0 aliphatic heterocycles. The average Bonchev–Trinajstić information content (AvgIpc) is 2.72. The first-order chi connectivity index (χ1) is 14.4. The Kier molecular flexibility index (Phi) is 6.70. The van der Waals surface area contributed by atoms with Gasteiger partial charge < -0.3 is 21.6 Å². The third-order valence-electron chi connectivity index (χ3n) is 4.65. The van der Waals surface area contributed by atoms with Crippen molar-refractivity contribution in [3.8, 4) is 11.1 Å². The minimum absolute atomic E-state index is 0.209. The number of carbonyl (C=O) groups excluding carboxylic acids is 1. The summed E-state index contributed by atoms with van der Waals surface area (Å²) < 4.78 is 5.34. The van der Waals surface area contributed by atoms with E-state index in [1.807, 2.05) is 55.5 Å². The van der Waals surface area contributed by atoms with Crippen LogP contribution in [0, 0.1) is 6.92 Å². The Morgan fingerprint density at radius 1 is 1.10 bits per heavy atom. The molecule has 6 nitrogen and oxygen atoms in total. The van der Waals surface area contributed by atoms with Gasteiger partial charge in [0.1, 0.15) is 6.61 Å². The predicted molar refractivity (Wildman–Crippen MR) is 122 cm³/mol. The summed E-state index contributed by atoms with van der Waals surface area (Å²) in [5.41, 5.74) is 12.7. The van der Waals surface area contributed by atoms with E-state index < -0.39 is 0 Å². The molecule has 3 rings (SSSR count). The molecule has 30 heavy (non-hydrogen) atoms. The smallest absolute Gasteiger partial charge is 0.302 e. The van der Waals surface area contributed by atoms with Gasteiger partial charge in [-0.2, -0.15) is 5.10 Å². The molecule has 0 heterocycles. The maximum absolute atomic E-state index is 11.5. The first-order valence-electron chi connectivity index (χ1n) is 9.65. The molecule has 6 heteroatoms. The van der Waals surface area contributed by atoms with Gasteiger partial charge in [-0.3, -0.25) is 4.79 Å². The highest BCUT2D eigenvalue weighted by molar-refractivity contribution is 5.80. The van der Waals surface area contributed by atoms with Crippen LogP contribution in [0.4, 0.5) is 11.4 Å². The van der Waals surface area contributed by atoms with Crippen LogP contribution in [0.5, 0.6) is 0 Å². The molecule has 154 valence electrons. The zero-order valence-corrected chi connectivity index (χ0v) is 17.1. The van der Waals surface area contributed by atoms with Crippen LogP contribution in [-0.4, -0.2) is 18.8 Å². The molecule has 0 amide bonds. The summed E-state index contributed by atoms with van der Waals surface area (Å²) in [4.78, 5) is 11.5. The van der Waals surface area contributed by atoms with E-state index in [-0.39, 0.29) is 18.6 Å².